The molecule has 0 bridgehead atoms. The van der Waals surface area contributed by atoms with Crippen LogP contribution in [0.15, 0.2) is 18.2 Å². The number of hydrogen-bond donors (Lipinski definition) is 1. The summed E-state index contributed by atoms with van der Waals surface area (Å²) < 4.78 is 24.0. The number of benzene rings is 1. The number of halogens is 1. The summed E-state index contributed by atoms with van der Waals surface area (Å²) in [4.78, 5) is 14.3. The van der Waals surface area contributed by atoms with Gasteiger partial charge in [0.25, 0.3) is 0 Å². The lowest BCUT2D eigenvalue weighted by molar-refractivity contribution is -0.150. The van der Waals surface area contributed by atoms with E-state index in [-0.39, 0.29) is 11.7 Å². The Kier molecular flexibility index (Phi) is 5.52. The number of esters is 1. The number of nitrogens with zero attached hydrogens (tertiary/aromatic N) is 1. The van der Waals surface area contributed by atoms with Gasteiger partial charge in [-0.05, 0) is 24.6 Å². The van der Waals surface area contributed by atoms with Gasteiger partial charge >= 0.3 is 5.97 Å². The third-order valence-corrected chi connectivity index (χ3v) is 3.52. The standard InChI is InChI=1S/C15H21FN2O3/c1-3-21-15(19)14(18-8-6-17-7-9-18)11-4-5-13(20-2)12(16)10-11/h4-5,10,14,17H,3,6-9H2,1-2H3. The minimum Gasteiger partial charge on any atom is -0.494 e. The summed E-state index contributed by atoms with van der Waals surface area (Å²) in [5, 5.41) is 3.23. The summed E-state index contributed by atoms with van der Waals surface area (Å²) in [6.45, 7) is 5.11. The number of nitrogens with one attached hydrogen (secondary N) is 1. The molecule has 1 aliphatic rings. The van der Waals surface area contributed by atoms with Gasteiger partial charge in [0, 0.05) is 26.2 Å². The molecular formula is C15H21FN2O3. The molecule has 21 heavy (non-hydrogen) atoms. The Morgan fingerprint density at radius 2 is 2.14 bits per heavy atom. The van der Waals surface area contributed by atoms with Crippen molar-refractivity contribution in [2.45, 2.75) is 13.0 Å². The number of hydrogen-bond acceptors (Lipinski definition) is 5. The fourth-order valence-electron chi connectivity index (χ4n) is 2.51. The number of piperazine rings is 1. The average molecular weight is 296 g/mol. The number of ether oxygens (including phenoxy) is 2. The molecule has 0 spiro atoms. The topological polar surface area (TPSA) is 50.8 Å². The van der Waals surface area contributed by atoms with Crippen LogP contribution in [0, 0.1) is 5.82 Å². The highest BCUT2D eigenvalue weighted by atomic mass is 19.1. The van der Waals surface area contributed by atoms with Gasteiger partial charge < -0.3 is 14.8 Å². The Morgan fingerprint density at radius 1 is 1.43 bits per heavy atom. The van der Waals surface area contributed by atoms with Gasteiger partial charge in [-0.25, -0.2) is 9.18 Å². The van der Waals surface area contributed by atoms with Crippen molar-refractivity contribution in [1.29, 1.82) is 0 Å². The quantitative estimate of drug-likeness (QED) is 0.831. The molecule has 1 aromatic carbocycles. The van der Waals surface area contributed by atoms with Gasteiger partial charge in [-0.2, -0.15) is 0 Å². The second-order valence-electron chi connectivity index (χ2n) is 4.83. The first-order valence-electron chi connectivity index (χ1n) is 7.12. The molecular weight excluding hydrogens is 275 g/mol. The largest absolute Gasteiger partial charge is 0.494 e. The van der Waals surface area contributed by atoms with Gasteiger partial charge in [0.1, 0.15) is 6.04 Å². The van der Waals surface area contributed by atoms with Crippen molar-refractivity contribution in [1.82, 2.24) is 10.2 Å². The molecule has 0 saturated carbocycles. The van der Waals surface area contributed by atoms with Crippen LogP contribution in [0.3, 0.4) is 0 Å². The summed E-state index contributed by atoms with van der Waals surface area (Å²) >= 11 is 0. The zero-order chi connectivity index (χ0) is 15.2. The smallest absolute Gasteiger partial charge is 0.328 e. The van der Waals surface area contributed by atoms with Gasteiger partial charge in [0.2, 0.25) is 0 Å². The van der Waals surface area contributed by atoms with Crippen LogP contribution in [0.5, 0.6) is 5.75 Å². The van der Waals surface area contributed by atoms with Gasteiger partial charge in [-0.3, -0.25) is 4.90 Å². The molecule has 0 aliphatic carbocycles. The normalized spacial score (nSPS) is 17.3. The monoisotopic (exact) mass is 296 g/mol. The van der Waals surface area contributed by atoms with Crippen LogP contribution in [-0.2, 0) is 9.53 Å². The van der Waals surface area contributed by atoms with E-state index in [1.165, 1.54) is 13.2 Å². The number of methoxy groups -OCH3 is 1. The van der Waals surface area contributed by atoms with Crippen molar-refractivity contribution in [3.8, 4) is 5.75 Å². The third-order valence-electron chi connectivity index (χ3n) is 3.52. The van der Waals surface area contributed by atoms with E-state index >= 15 is 0 Å². The Labute approximate surface area is 124 Å². The third kappa shape index (κ3) is 3.71. The molecule has 1 saturated heterocycles. The summed E-state index contributed by atoms with van der Waals surface area (Å²) in [5.74, 6) is -0.648. The Morgan fingerprint density at radius 3 is 2.71 bits per heavy atom. The zero-order valence-corrected chi connectivity index (χ0v) is 12.4. The number of carbonyl (C=O) groups is 1. The molecule has 1 aromatic rings. The van der Waals surface area contributed by atoms with Crippen LogP contribution < -0.4 is 10.1 Å². The first kappa shape index (κ1) is 15.7. The average Bonchev–Trinajstić information content (AvgIpc) is 2.49. The molecule has 1 atom stereocenters. The molecule has 0 radical (unpaired) electrons. The lowest BCUT2D eigenvalue weighted by Gasteiger charge is -2.33. The summed E-state index contributed by atoms with van der Waals surface area (Å²) in [5.41, 5.74) is 0.591. The van der Waals surface area contributed by atoms with E-state index in [1.54, 1.807) is 19.1 Å². The Hall–Kier alpha value is -1.66. The molecule has 1 heterocycles. The fourth-order valence-corrected chi connectivity index (χ4v) is 2.51. The lowest BCUT2D eigenvalue weighted by atomic mass is 10.0. The molecule has 1 aliphatic heterocycles. The van der Waals surface area contributed by atoms with E-state index in [4.69, 9.17) is 9.47 Å². The molecule has 5 nitrogen and oxygen atoms in total. The van der Waals surface area contributed by atoms with E-state index in [0.29, 0.717) is 12.2 Å². The molecule has 1 fully saturated rings. The highest BCUT2D eigenvalue weighted by Gasteiger charge is 2.30. The van der Waals surface area contributed by atoms with E-state index in [2.05, 4.69) is 5.32 Å². The van der Waals surface area contributed by atoms with Crippen LogP contribution in [0.1, 0.15) is 18.5 Å². The lowest BCUT2D eigenvalue weighted by Crippen LogP contribution is -2.47. The van der Waals surface area contributed by atoms with E-state index in [1.807, 2.05) is 4.90 Å². The second-order valence-corrected chi connectivity index (χ2v) is 4.83. The molecule has 0 aromatic heterocycles. The van der Waals surface area contributed by atoms with Crippen molar-refractivity contribution < 1.29 is 18.7 Å². The van der Waals surface area contributed by atoms with E-state index in [9.17, 15) is 9.18 Å². The molecule has 0 amide bonds. The van der Waals surface area contributed by atoms with Crippen molar-refractivity contribution in [2.75, 3.05) is 39.9 Å². The van der Waals surface area contributed by atoms with Crippen molar-refractivity contribution in [3.63, 3.8) is 0 Å². The van der Waals surface area contributed by atoms with Gasteiger partial charge in [-0.15, -0.1) is 0 Å². The van der Waals surface area contributed by atoms with E-state index < -0.39 is 11.9 Å². The highest BCUT2D eigenvalue weighted by molar-refractivity contribution is 5.77. The molecule has 116 valence electrons. The van der Waals surface area contributed by atoms with Crippen LogP contribution in [0.2, 0.25) is 0 Å². The first-order chi connectivity index (χ1) is 10.2. The maximum atomic E-state index is 13.9. The van der Waals surface area contributed by atoms with Gasteiger partial charge in [0.05, 0.1) is 13.7 Å². The molecule has 1 N–H and O–H groups in total. The molecule has 6 heteroatoms. The summed E-state index contributed by atoms with van der Waals surface area (Å²) in [6, 6.07) is 4.03. The zero-order valence-electron chi connectivity index (χ0n) is 12.4. The van der Waals surface area contributed by atoms with Crippen LogP contribution in [0.4, 0.5) is 4.39 Å². The summed E-state index contributed by atoms with van der Waals surface area (Å²) in [6.07, 6.45) is 0. The molecule has 2 rings (SSSR count). The second kappa shape index (κ2) is 7.38. The van der Waals surface area contributed by atoms with Crippen LogP contribution in [0.25, 0.3) is 0 Å². The maximum Gasteiger partial charge on any atom is 0.328 e. The van der Waals surface area contributed by atoms with Crippen LogP contribution in [-0.4, -0.2) is 50.8 Å². The maximum absolute atomic E-state index is 13.9. The van der Waals surface area contributed by atoms with Crippen molar-refractivity contribution in [2.24, 2.45) is 0 Å². The van der Waals surface area contributed by atoms with Gasteiger partial charge in [0.15, 0.2) is 11.6 Å². The highest BCUT2D eigenvalue weighted by Crippen LogP contribution is 2.27. The van der Waals surface area contributed by atoms with Gasteiger partial charge in [-0.1, -0.05) is 6.07 Å². The van der Waals surface area contributed by atoms with Crippen molar-refractivity contribution in [3.05, 3.63) is 29.6 Å². The predicted molar refractivity (Wildman–Crippen MR) is 76.8 cm³/mol. The van der Waals surface area contributed by atoms with E-state index in [0.717, 1.165) is 26.2 Å². The van der Waals surface area contributed by atoms with Crippen molar-refractivity contribution >= 4 is 5.97 Å². The molecule has 1 unspecified atom stereocenters. The number of carbonyl (C=O) groups excluding carboxylic acids is 1. The minimum absolute atomic E-state index is 0.168. The summed E-state index contributed by atoms with van der Waals surface area (Å²) in [7, 11) is 1.41. The number of rotatable bonds is 5. The SMILES string of the molecule is CCOC(=O)C(c1ccc(OC)c(F)c1)N1CCNCC1. The fraction of sp³-hybridized carbons (Fsp3) is 0.533. The minimum atomic E-state index is -0.576. The Bertz CT molecular complexity index is 490. The predicted octanol–water partition coefficient (Wildman–Crippen LogP) is 1.34. The van der Waals surface area contributed by atoms with Crippen LogP contribution >= 0.6 is 0 Å². The Balaban J connectivity index is 2.29. The first-order valence-corrected chi connectivity index (χ1v) is 7.12.